The lowest BCUT2D eigenvalue weighted by Crippen LogP contribution is -2.26. The average Bonchev–Trinajstić information content (AvgIpc) is 3.16. The molecule has 1 aromatic carbocycles. The van der Waals surface area contributed by atoms with Crippen LogP contribution >= 0.6 is 0 Å². The number of nitrogens with zero attached hydrogens (tertiary/aromatic N) is 3. The van der Waals surface area contributed by atoms with E-state index in [-0.39, 0.29) is 17.7 Å². The fraction of sp³-hybridized carbons (Fsp3) is 0.389. The molecule has 126 valence electrons. The molecule has 1 aliphatic rings. The summed E-state index contributed by atoms with van der Waals surface area (Å²) in [4.78, 5) is 26.6. The third-order valence-corrected chi connectivity index (χ3v) is 4.34. The van der Waals surface area contributed by atoms with E-state index < -0.39 is 0 Å². The van der Waals surface area contributed by atoms with Crippen LogP contribution in [-0.2, 0) is 11.8 Å². The standard InChI is InChI=1S/C18H22N4O2/c1-3-9-19-18(24)15-11-20-21(2)17(15)13-10-16(23)22(12-13)14-7-5-4-6-8-14/h4-8,11,13H,3,9-10,12H2,1-2H3,(H,19,24). The van der Waals surface area contributed by atoms with Crippen LogP contribution in [0.4, 0.5) is 5.69 Å². The predicted octanol–water partition coefficient (Wildman–Crippen LogP) is 2.08. The van der Waals surface area contributed by atoms with Crippen molar-refractivity contribution in [3.63, 3.8) is 0 Å². The van der Waals surface area contributed by atoms with Crippen molar-refractivity contribution in [3.8, 4) is 0 Å². The zero-order valence-corrected chi connectivity index (χ0v) is 14.0. The molecule has 1 fully saturated rings. The van der Waals surface area contributed by atoms with Crippen LogP contribution in [0.25, 0.3) is 0 Å². The minimum Gasteiger partial charge on any atom is -0.352 e. The quantitative estimate of drug-likeness (QED) is 0.915. The van der Waals surface area contributed by atoms with E-state index in [0.29, 0.717) is 25.1 Å². The molecule has 6 heteroatoms. The maximum absolute atomic E-state index is 12.4. The SMILES string of the molecule is CCCNC(=O)c1cnn(C)c1C1CC(=O)N(c2ccccc2)C1. The highest BCUT2D eigenvalue weighted by molar-refractivity contribution is 5.98. The van der Waals surface area contributed by atoms with E-state index in [9.17, 15) is 9.59 Å². The number of carbonyl (C=O) groups excluding carboxylic acids is 2. The van der Waals surface area contributed by atoms with Crippen molar-refractivity contribution in [1.29, 1.82) is 0 Å². The van der Waals surface area contributed by atoms with Crippen LogP contribution in [0, 0.1) is 0 Å². The van der Waals surface area contributed by atoms with Gasteiger partial charge in [0.2, 0.25) is 5.91 Å². The van der Waals surface area contributed by atoms with Gasteiger partial charge in [-0.3, -0.25) is 14.3 Å². The van der Waals surface area contributed by atoms with Gasteiger partial charge in [-0.2, -0.15) is 5.10 Å². The highest BCUT2D eigenvalue weighted by atomic mass is 16.2. The lowest BCUT2D eigenvalue weighted by molar-refractivity contribution is -0.117. The molecule has 2 heterocycles. The van der Waals surface area contributed by atoms with Crippen LogP contribution in [0.3, 0.4) is 0 Å². The van der Waals surface area contributed by atoms with Gasteiger partial charge in [-0.25, -0.2) is 0 Å². The fourth-order valence-corrected chi connectivity index (χ4v) is 3.19. The van der Waals surface area contributed by atoms with E-state index >= 15 is 0 Å². The highest BCUT2D eigenvalue weighted by Gasteiger charge is 2.35. The lowest BCUT2D eigenvalue weighted by Gasteiger charge is -2.17. The van der Waals surface area contributed by atoms with Crippen molar-refractivity contribution in [2.75, 3.05) is 18.0 Å². The van der Waals surface area contributed by atoms with Crippen LogP contribution in [0.1, 0.15) is 41.7 Å². The van der Waals surface area contributed by atoms with Crippen molar-refractivity contribution in [1.82, 2.24) is 15.1 Å². The van der Waals surface area contributed by atoms with E-state index in [0.717, 1.165) is 17.8 Å². The van der Waals surface area contributed by atoms with Gasteiger partial charge in [-0.05, 0) is 18.6 Å². The summed E-state index contributed by atoms with van der Waals surface area (Å²) in [6.45, 7) is 3.21. The topological polar surface area (TPSA) is 67.2 Å². The van der Waals surface area contributed by atoms with E-state index in [4.69, 9.17) is 0 Å². The van der Waals surface area contributed by atoms with Gasteiger partial charge in [0.1, 0.15) is 0 Å². The Morgan fingerprint density at radius 3 is 2.79 bits per heavy atom. The molecule has 0 spiro atoms. The van der Waals surface area contributed by atoms with Gasteiger partial charge in [0.25, 0.3) is 5.91 Å². The highest BCUT2D eigenvalue weighted by Crippen LogP contribution is 2.33. The van der Waals surface area contributed by atoms with Crippen molar-refractivity contribution >= 4 is 17.5 Å². The second-order valence-electron chi connectivity index (χ2n) is 6.06. The molecule has 0 radical (unpaired) electrons. The van der Waals surface area contributed by atoms with Crippen LogP contribution < -0.4 is 10.2 Å². The van der Waals surface area contributed by atoms with Crippen LogP contribution in [0.15, 0.2) is 36.5 Å². The molecule has 6 nitrogen and oxygen atoms in total. The summed E-state index contributed by atoms with van der Waals surface area (Å²) in [5, 5.41) is 7.13. The number of rotatable bonds is 5. The number of hydrogen-bond acceptors (Lipinski definition) is 3. The molecule has 1 saturated heterocycles. The third-order valence-electron chi connectivity index (χ3n) is 4.34. The molecular formula is C18H22N4O2. The van der Waals surface area contributed by atoms with Crippen molar-refractivity contribution in [2.24, 2.45) is 7.05 Å². The number of aryl methyl sites for hydroxylation is 1. The van der Waals surface area contributed by atoms with Gasteiger partial charge in [0, 0.05) is 38.2 Å². The first-order valence-corrected chi connectivity index (χ1v) is 8.27. The molecule has 0 aliphatic carbocycles. The maximum Gasteiger partial charge on any atom is 0.254 e. The molecule has 2 amide bonds. The fourth-order valence-electron chi connectivity index (χ4n) is 3.19. The Balaban J connectivity index is 1.84. The Hall–Kier alpha value is -2.63. The number of anilines is 1. The Morgan fingerprint density at radius 2 is 2.08 bits per heavy atom. The van der Waals surface area contributed by atoms with Crippen molar-refractivity contribution < 1.29 is 9.59 Å². The number of amides is 2. The summed E-state index contributed by atoms with van der Waals surface area (Å²) in [5.74, 6) is -0.0783. The molecule has 1 aromatic heterocycles. The molecule has 2 aromatic rings. The first-order chi connectivity index (χ1) is 11.6. The van der Waals surface area contributed by atoms with Crippen molar-refractivity contribution in [3.05, 3.63) is 47.8 Å². The van der Waals surface area contributed by atoms with Crippen LogP contribution in [0.5, 0.6) is 0 Å². The van der Waals surface area contributed by atoms with E-state index in [1.54, 1.807) is 15.8 Å². The van der Waals surface area contributed by atoms with Crippen LogP contribution in [-0.4, -0.2) is 34.7 Å². The van der Waals surface area contributed by atoms with Gasteiger partial charge >= 0.3 is 0 Å². The van der Waals surface area contributed by atoms with E-state index in [1.807, 2.05) is 44.3 Å². The summed E-state index contributed by atoms with van der Waals surface area (Å²) in [7, 11) is 1.82. The Kier molecular flexibility index (Phi) is 4.64. The van der Waals surface area contributed by atoms with E-state index in [2.05, 4.69) is 10.4 Å². The second-order valence-corrected chi connectivity index (χ2v) is 6.06. The van der Waals surface area contributed by atoms with Gasteiger partial charge in [-0.1, -0.05) is 25.1 Å². The monoisotopic (exact) mass is 326 g/mol. The van der Waals surface area contributed by atoms with Crippen LogP contribution in [0.2, 0.25) is 0 Å². The minimum absolute atomic E-state index is 0.0346. The van der Waals surface area contributed by atoms with Gasteiger partial charge < -0.3 is 10.2 Å². The second kappa shape index (κ2) is 6.86. The molecule has 1 aliphatic heterocycles. The summed E-state index contributed by atoms with van der Waals surface area (Å²) in [5.41, 5.74) is 2.29. The molecule has 0 saturated carbocycles. The number of carbonyl (C=O) groups is 2. The number of aromatic nitrogens is 2. The van der Waals surface area contributed by atoms with Gasteiger partial charge in [0.05, 0.1) is 17.5 Å². The summed E-state index contributed by atoms with van der Waals surface area (Å²) in [6, 6.07) is 9.63. The maximum atomic E-state index is 12.4. The third kappa shape index (κ3) is 3.04. The zero-order valence-electron chi connectivity index (χ0n) is 14.0. The zero-order chi connectivity index (χ0) is 17.1. The summed E-state index contributed by atoms with van der Waals surface area (Å²) >= 11 is 0. The molecule has 1 atom stereocenters. The number of para-hydroxylation sites is 1. The molecule has 3 rings (SSSR count). The number of hydrogen-bond donors (Lipinski definition) is 1. The Morgan fingerprint density at radius 1 is 1.33 bits per heavy atom. The first-order valence-electron chi connectivity index (χ1n) is 8.27. The first kappa shape index (κ1) is 16.2. The predicted molar refractivity (Wildman–Crippen MR) is 92.0 cm³/mol. The molecule has 0 bridgehead atoms. The van der Waals surface area contributed by atoms with Gasteiger partial charge in [-0.15, -0.1) is 0 Å². The minimum atomic E-state index is -0.120. The Bertz CT molecular complexity index is 739. The van der Waals surface area contributed by atoms with Crippen molar-refractivity contribution in [2.45, 2.75) is 25.7 Å². The van der Waals surface area contributed by atoms with Gasteiger partial charge in [0.15, 0.2) is 0 Å². The smallest absolute Gasteiger partial charge is 0.254 e. The molecule has 24 heavy (non-hydrogen) atoms. The largest absolute Gasteiger partial charge is 0.352 e. The lowest BCUT2D eigenvalue weighted by atomic mass is 10.00. The molecular weight excluding hydrogens is 304 g/mol. The summed E-state index contributed by atoms with van der Waals surface area (Å²) < 4.78 is 1.72. The van der Waals surface area contributed by atoms with E-state index in [1.165, 1.54) is 0 Å². The number of nitrogens with one attached hydrogen (secondary N) is 1. The normalized spacial score (nSPS) is 17.3. The molecule has 1 N–H and O–H groups in total. The summed E-state index contributed by atoms with van der Waals surface area (Å²) in [6.07, 6.45) is 2.86. The number of benzene rings is 1. The average molecular weight is 326 g/mol. The molecule has 1 unspecified atom stereocenters. The Labute approximate surface area is 141 Å².